The quantitative estimate of drug-likeness (QED) is 0.778. The minimum absolute atomic E-state index is 0.107. The molecule has 5 nitrogen and oxygen atoms in total. The number of nitrogens with zero attached hydrogens (tertiary/aromatic N) is 3. The van der Waals surface area contributed by atoms with Gasteiger partial charge in [-0.2, -0.15) is 0 Å². The predicted octanol–water partition coefficient (Wildman–Crippen LogP) is 1.69. The summed E-state index contributed by atoms with van der Waals surface area (Å²) in [4.78, 5) is 20.5. The molecule has 1 aromatic rings. The largest absolute Gasteiger partial charge is 0.396 e. The zero-order valence-electron chi connectivity index (χ0n) is 13.9. The number of aliphatic hydroxyl groups excluding tert-OH is 1. The van der Waals surface area contributed by atoms with Crippen LogP contribution in [0.25, 0.3) is 0 Å². The second kappa shape index (κ2) is 8.22. The third kappa shape index (κ3) is 4.88. The second-order valence-electron chi connectivity index (χ2n) is 6.60. The van der Waals surface area contributed by atoms with Crippen molar-refractivity contribution in [1.29, 1.82) is 0 Å². The van der Waals surface area contributed by atoms with Crippen LogP contribution in [0.15, 0.2) is 37.2 Å². The van der Waals surface area contributed by atoms with Crippen LogP contribution in [0.4, 0.5) is 0 Å². The summed E-state index contributed by atoms with van der Waals surface area (Å²) in [5.74, 6) is 0.128. The Balaban J connectivity index is 1.90. The molecule has 0 bridgehead atoms. The van der Waals surface area contributed by atoms with E-state index in [9.17, 15) is 9.90 Å². The molecule has 0 spiro atoms. The zero-order chi connectivity index (χ0) is 16.7. The summed E-state index contributed by atoms with van der Waals surface area (Å²) in [5.41, 5.74) is 0.935. The summed E-state index contributed by atoms with van der Waals surface area (Å²) < 4.78 is 0. The molecule has 1 aliphatic rings. The number of carbonyl (C=O) groups is 1. The van der Waals surface area contributed by atoms with Crippen LogP contribution in [0.3, 0.4) is 0 Å². The SMILES string of the molecule is C=CC[C@]1(CO)CCCN(C(=O)CN(C)Cc2ccncc2)C1. The fourth-order valence-corrected chi connectivity index (χ4v) is 3.27. The van der Waals surface area contributed by atoms with Crippen molar-refractivity contribution in [1.82, 2.24) is 14.8 Å². The monoisotopic (exact) mass is 317 g/mol. The molecule has 1 N–H and O–H groups in total. The number of rotatable bonds is 7. The highest BCUT2D eigenvalue weighted by molar-refractivity contribution is 5.78. The van der Waals surface area contributed by atoms with Crippen molar-refractivity contribution in [3.8, 4) is 0 Å². The van der Waals surface area contributed by atoms with Crippen molar-refractivity contribution in [2.24, 2.45) is 5.41 Å². The van der Waals surface area contributed by atoms with Crippen molar-refractivity contribution in [3.05, 3.63) is 42.7 Å². The Labute approximate surface area is 138 Å². The summed E-state index contributed by atoms with van der Waals surface area (Å²) in [6, 6.07) is 3.92. The molecule has 1 atom stereocenters. The zero-order valence-corrected chi connectivity index (χ0v) is 13.9. The van der Waals surface area contributed by atoms with Crippen LogP contribution in [0, 0.1) is 5.41 Å². The van der Waals surface area contributed by atoms with Gasteiger partial charge in [-0.25, -0.2) is 0 Å². The van der Waals surface area contributed by atoms with Crippen LogP contribution in [0.5, 0.6) is 0 Å². The molecule has 1 aromatic heterocycles. The van der Waals surface area contributed by atoms with Crippen LogP contribution in [0.1, 0.15) is 24.8 Å². The maximum absolute atomic E-state index is 12.6. The van der Waals surface area contributed by atoms with Gasteiger partial charge in [0.15, 0.2) is 0 Å². The lowest BCUT2D eigenvalue weighted by Gasteiger charge is -2.41. The Morgan fingerprint density at radius 3 is 2.91 bits per heavy atom. The number of carbonyl (C=O) groups excluding carboxylic acids is 1. The molecule has 1 amide bonds. The van der Waals surface area contributed by atoms with Crippen LogP contribution in [-0.4, -0.2) is 59.1 Å². The number of likely N-dealkylation sites (N-methyl/N-ethyl adjacent to an activating group) is 1. The Morgan fingerprint density at radius 1 is 1.52 bits per heavy atom. The lowest BCUT2D eigenvalue weighted by Crippen LogP contribution is -2.50. The summed E-state index contributed by atoms with van der Waals surface area (Å²) in [6.45, 7) is 6.40. The number of allylic oxidation sites excluding steroid dienone is 1. The molecule has 5 heteroatoms. The lowest BCUT2D eigenvalue weighted by molar-refractivity contribution is -0.136. The molecule has 1 aliphatic heterocycles. The maximum Gasteiger partial charge on any atom is 0.236 e. The van der Waals surface area contributed by atoms with E-state index < -0.39 is 0 Å². The van der Waals surface area contributed by atoms with E-state index >= 15 is 0 Å². The number of hydrogen-bond acceptors (Lipinski definition) is 4. The van der Waals surface area contributed by atoms with Gasteiger partial charge in [0, 0.05) is 37.4 Å². The average Bonchev–Trinajstić information content (AvgIpc) is 2.56. The van der Waals surface area contributed by atoms with Gasteiger partial charge in [0.05, 0.1) is 13.2 Å². The summed E-state index contributed by atoms with van der Waals surface area (Å²) in [7, 11) is 1.95. The molecule has 0 aliphatic carbocycles. The molecule has 2 heterocycles. The van der Waals surface area contributed by atoms with E-state index in [0.29, 0.717) is 13.1 Å². The molecule has 0 radical (unpaired) electrons. The van der Waals surface area contributed by atoms with E-state index in [2.05, 4.69) is 11.6 Å². The fourth-order valence-electron chi connectivity index (χ4n) is 3.27. The number of piperidine rings is 1. The third-order valence-corrected chi connectivity index (χ3v) is 4.53. The first kappa shape index (κ1) is 17.6. The number of pyridine rings is 1. The highest BCUT2D eigenvalue weighted by atomic mass is 16.3. The Bertz CT molecular complexity index is 520. The molecule has 23 heavy (non-hydrogen) atoms. The molecule has 1 saturated heterocycles. The van der Waals surface area contributed by atoms with Gasteiger partial charge in [0.1, 0.15) is 0 Å². The number of likely N-dealkylation sites (tertiary alicyclic amines) is 1. The molecule has 0 aromatic carbocycles. The van der Waals surface area contributed by atoms with E-state index in [-0.39, 0.29) is 17.9 Å². The van der Waals surface area contributed by atoms with Gasteiger partial charge < -0.3 is 10.0 Å². The molecule has 0 unspecified atom stereocenters. The van der Waals surface area contributed by atoms with E-state index in [1.165, 1.54) is 0 Å². The van der Waals surface area contributed by atoms with Gasteiger partial charge in [0.2, 0.25) is 5.91 Å². The highest BCUT2D eigenvalue weighted by Crippen LogP contribution is 2.33. The van der Waals surface area contributed by atoms with Gasteiger partial charge in [-0.3, -0.25) is 14.7 Å². The molecular weight excluding hydrogens is 290 g/mol. The van der Waals surface area contributed by atoms with E-state index in [4.69, 9.17) is 0 Å². The van der Waals surface area contributed by atoms with Crippen LogP contribution in [0.2, 0.25) is 0 Å². The van der Waals surface area contributed by atoms with Gasteiger partial charge >= 0.3 is 0 Å². The third-order valence-electron chi connectivity index (χ3n) is 4.53. The number of hydrogen-bond donors (Lipinski definition) is 1. The standard InChI is InChI=1S/C18H27N3O2/c1-3-7-18(15-22)8-4-11-21(14-18)17(23)13-20(2)12-16-5-9-19-10-6-16/h3,5-6,9-10,22H,1,4,7-8,11-15H2,2H3/t18-/m0/s1. The molecule has 1 fully saturated rings. The summed E-state index contributed by atoms with van der Waals surface area (Å²) >= 11 is 0. The Hall–Kier alpha value is -1.72. The number of aromatic nitrogens is 1. The average molecular weight is 317 g/mol. The van der Waals surface area contributed by atoms with Crippen molar-refractivity contribution in [2.75, 3.05) is 33.3 Å². The van der Waals surface area contributed by atoms with Crippen LogP contribution < -0.4 is 0 Å². The molecular formula is C18H27N3O2. The highest BCUT2D eigenvalue weighted by Gasteiger charge is 2.35. The van der Waals surface area contributed by atoms with Gasteiger partial charge in [-0.1, -0.05) is 6.08 Å². The van der Waals surface area contributed by atoms with Crippen molar-refractivity contribution < 1.29 is 9.90 Å². The fraction of sp³-hybridized carbons (Fsp3) is 0.556. The van der Waals surface area contributed by atoms with Crippen molar-refractivity contribution in [3.63, 3.8) is 0 Å². The van der Waals surface area contributed by atoms with Crippen molar-refractivity contribution in [2.45, 2.75) is 25.8 Å². The molecule has 0 saturated carbocycles. The minimum atomic E-state index is -0.209. The predicted molar refractivity (Wildman–Crippen MR) is 90.7 cm³/mol. The summed E-state index contributed by atoms with van der Waals surface area (Å²) in [6.07, 6.45) is 8.02. The molecule has 126 valence electrons. The topological polar surface area (TPSA) is 56.7 Å². The van der Waals surface area contributed by atoms with Crippen LogP contribution >= 0.6 is 0 Å². The Morgan fingerprint density at radius 2 is 2.26 bits per heavy atom. The number of aliphatic hydroxyl groups is 1. The van der Waals surface area contributed by atoms with Crippen LogP contribution in [-0.2, 0) is 11.3 Å². The lowest BCUT2D eigenvalue weighted by atomic mass is 9.78. The second-order valence-corrected chi connectivity index (χ2v) is 6.60. The minimum Gasteiger partial charge on any atom is -0.396 e. The smallest absolute Gasteiger partial charge is 0.236 e. The first-order chi connectivity index (χ1) is 11.1. The van der Waals surface area contributed by atoms with E-state index in [1.807, 2.05) is 35.1 Å². The normalized spacial score (nSPS) is 21.4. The van der Waals surface area contributed by atoms with E-state index in [1.54, 1.807) is 12.4 Å². The van der Waals surface area contributed by atoms with Gasteiger partial charge in [-0.05, 0) is 44.0 Å². The van der Waals surface area contributed by atoms with Gasteiger partial charge in [0.25, 0.3) is 0 Å². The molecule has 2 rings (SSSR count). The number of amides is 1. The summed E-state index contributed by atoms with van der Waals surface area (Å²) in [5, 5.41) is 9.75. The first-order valence-electron chi connectivity index (χ1n) is 8.15. The Kier molecular flexibility index (Phi) is 6.30. The maximum atomic E-state index is 12.6. The first-order valence-corrected chi connectivity index (χ1v) is 8.15. The van der Waals surface area contributed by atoms with Gasteiger partial charge in [-0.15, -0.1) is 6.58 Å². The van der Waals surface area contributed by atoms with E-state index in [0.717, 1.165) is 37.9 Å². The van der Waals surface area contributed by atoms with Crippen molar-refractivity contribution >= 4 is 5.91 Å².